The molecule has 1 saturated carbocycles. The van der Waals surface area contributed by atoms with Crippen molar-refractivity contribution in [3.63, 3.8) is 0 Å². The van der Waals surface area contributed by atoms with E-state index in [0.717, 1.165) is 25.7 Å². The van der Waals surface area contributed by atoms with Crippen LogP contribution in [0, 0.1) is 11.8 Å². The van der Waals surface area contributed by atoms with E-state index >= 15 is 0 Å². The molecule has 2 aliphatic carbocycles. The average Bonchev–Trinajstić information content (AvgIpc) is 3.35. The minimum atomic E-state index is 0. The molecular formula is C23H29N5O2. The van der Waals surface area contributed by atoms with Crippen molar-refractivity contribution in [2.24, 2.45) is 11.8 Å². The van der Waals surface area contributed by atoms with Crippen LogP contribution in [0.15, 0.2) is 52.7 Å². The van der Waals surface area contributed by atoms with Crippen molar-refractivity contribution in [1.82, 2.24) is 25.3 Å². The quantitative estimate of drug-likeness (QED) is 0.822. The number of nitrogens with one attached hydrogen (secondary N) is 1. The van der Waals surface area contributed by atoms with Gasteiger partial charge >= 0.3 is 6.03 Å². The zero-order valence-corrected chi connectivity index (χ0v) is 17.2. The van der Waals surface area contributed by atoms with Gasteiger partial charge in [0.15, 0.2) is 0 Å². The molecule has 7 nitrogen and oxygen atoms in total. The largest absolute Gasteiger partial charge is 0.339 e. The Hall–Kier alpha value is -2.96. The Morgan fingerprint density at radius 2 is 2.17 bits per heavy atom. The fraction of sp³-hybridized carbons (Fsp3) is 0.478. The van der Waals surface area contributed by atoms with Gasteiger partial charge < -0.3 is 14.7 Å². The Balaban J connectivity index is 0.00000231. The maximum atomic E-state index is 12.7. The van der Waals surface area contributed by atoms with Gasteiger partial charge in [-0.3, -0.25) is 4.98 Å². The first-order valence-corrected chi connectivity index (χ1v) is 10.9. The number of carbonyl (C=O) groups is 1. The molecular weight excluding hydrogens is 378 g/mol. The minimum Gasteiger partial charge on any atom is -0.339 e. The molecule has 2 amide bonds. The second kappa shape index (κ2) is 8.05. The van der Waals surface area contributed by atoms with Gasteiger partial charge in [0, 0.05) is 38.6 Å². The molecule has 2 aromatic rings. The topological polar surface area (TPSA) is 84.2 Å². The van der Waals surface area contributed by atoms with E-state index in [1.807, 2.05) is 23.1 Å². The van der Waals surface area contributed by atoms with Crippen molar-refractivity contribution in [1.29, 1.82) is 0 Å². The van der Waals surface area contributed by atoms with E-state index in [9.17, 15) is 4.79 Å². The van der Waals surface area contributed by atoms with Crippen LogP contribution in [-0.4, -0.2) is 45.2 Å². The first kappa shape index (κ1) is 19.0. The second-order valence-corrected chi connectivity index (χ2v) is 8.56. The molecule has 158 valence electrons. The molecule has 2 aromatic heterocycles. The highest BCUT2D eigenvalue weighted by Gasteiger charge is 2.43. The summed E-state index contributed by atoms with van der Waals surface area (Å²) in [6, 6.07) is 5.97. The number of piperidine rings is 1. The SMILES string of the molecule is CC1CC=CC=C1C1CC1NC(=O)N1CCC(c2nc(-c3ccccn3)no2)CC1.[HH]. The summed E-state index contributed by atoms with van der Waals surface area (Å²) in [5, 5.41) is 7.30. The molecule has 2 fully saturated rings. The highest BCUT2D eigenvalue weighted by atomic mass is 16.5. The Morgan fingerprint density at radius 3 is 2.93 bits per heavy atom. The van der Waals surface area contributed by atoms with Gasteiger partial charge in [0.25, 0.3) is 0 Å². The number of allylic oxidation sites excluding steroid dienone is 3. The van der Waals surface area contributed by atoms with E-state index in [1.165, 1.54) is 5.57 Å². The summed E-state index contributed by atoms with van der Waals surface area (Å²) in [5.41, 5.74) is 2.20. The number of hydrogen-bond acceptors (Lipinski definition) is 5. The van der Waals surface area contributed by atoms with Gasteiger partial charge in [-0.05, 0) is 43.7 Å². The third kappa shape index (κ3) is 3.88. The highest BCUT2D eigenvalue weighted by Crippen LogP contribution is 2.43. The predicted molar refractivity (Wildman–Crippen MR) is 115 cm³/mol. The monoisotopic (exact) mass is 407 g/mol. The molecule has 30 heavy (non-hydrogen) atoms. The van der Waals surface area contributed by atoms with Crippen LogP contribution in [0.4, 0.5) is 4.79 Å². The summed E-state index contributed by atoms with van der Waals surface area (Å²) in [7, 11) is 0. The van der Waals surface area contributed by atoms with E-state index in [-0.39, 0.29) is 19.4 Å². The fourth-order valence-corrected chi connectivity index (χ4v) is 4.55. The summed E-state index contributed by atoms with van der Waals surface area (Å²) >= 11 is 0. The summed E-state index contributed by atoms with van der Waals surface area (Å²) < 4.78 is 5.49. The van der Waals surface area contributed by atoms with Crippen molar-refractivity contribution in [3.8, 4) is 11.5 Å². The van der Waals surface area contributed by atoms with Gasteiger partial charge in [-0.15, -0.1) is 0 Å². The molecule has 0 radical (unpaired) electrons. The molecule has 3 atom stereocenters. The molecule has 0 spiro atoms. The van der Waals surface area contributed by atoms with Crippen LogP contribution in [0.2, 0.25) is 0 Å². The number of hydrogen-bond donors (Lipinski definition) is 1. The molecule has 3 heterocycles. The molecule has 3 aliphatic rings. The number of amides is 2. The Kier molecular flexibility index (Phi) is 5.11. The number of likely N-dealkylation sites (tertiary alicyclic amines) is 1. The van der Waals surface area contributed by atoms with Crippen molar-refractivity contribution in [3.05, 3.63) is 54.1 Å². The minimum absolute atomic E-state index is 0. The normalized spacial score (nSPS) is 26.4. The molecule has 0 bridgehead atoms. The second-order valence-electron chi connectivity index (χ2n) is 8.56. The van der Waals surface area contributed by atoms with Gasteiger partial charge in [-0.25, -0.2) is 4.79 Å². The number of carbonyl (C=O) groups excluding carboxylic acids is 1. The fourth-order valence-electron chi connectivity index (χ4n) is 4.55. The van der Waals surface area contributed by atoms with Crippen molar-refractivity contribution in [2.45, 2.75) is 44.6 Å². The molecule has 1 N–H and O–H groups in total. The summed E-state index contributed by atoms with van der Waals surface area (Å²) in [5.74, 6) is 2.45. The van der Waals surface area contributed by atoms with Crippen molar-refractivity contribution >= 4 is 6.03 Å². The first-order valence-electron chi connectivity index (χ1n) is 10.9. The third-order valence-corrected chi connectivity index (χ3v) is 6.48. The maximum absolute atomic E-state index is 12.7. The predicted octanol–water partition coefficient (Wildman–Crippen LogP) is 4.18. The highest BCUT2D eigenvalue weighted by molar-refractivity contribution is 5.75. The number of aromatic nitrogens is 3. The summed E-state index contributed by atoms with van der Waals surface area (Å²) in [6.45, 7) is 3.68. The number of rotatable bonds is 4. The molecule has 5 rings (SSSR count). The van der Waals surface area contributed by atoms with Gasteiger partial charge in [0.2, 0.25) is 11.7 Å². The molecule has 3 unspecified atom stereocenters. The lowest BCUT2D eigenvalue weighted by Crippen LogP contribution is -2.45. The van der Waals surface area contributed by atoms with Crippen LogP contribution in [-0.2, 0) is 0 Å². The van der Waals surface area contributed by atoms with Crippen LogP contribution >= 0.6 is 0 Å². The van der Waals surface area contributed by atoms with Crippen molar-refractivity contribution < 1.29 is 10.7 Å². The first-order chi connectivity index (χ1) is 14.7. The maximum Gasteiger partial charge on any atom is 0.317 e. The van der Waals surface area contributed by atoms with Crippen LogP contribution in [0.3, 0.4) is 0 Å². The average molecular weight is 408 g/mol. The number of urea groups is 1. The number of pyridine rings is 1. The van der Waals surface area contributed by atoms with E-state index in [1.54, 1.807) is 6.20 Å². The van der Waals surface area contributed by atoms with Gasteiger partial charge in [-0.2, -0.15) is 4.98 Å². The van der Waals surface area contributed by atoms with Gasteiger partial charge in [0.1, 0.15) is 5.69 Å². The summed E-state index contributed by atoms with van der Waals surface area (Å²) in [6.07, 6.45) is 12.1. The zero-order chi connectivity index (χ0) is 20.5. The Morgan fingerprint density at radius 1 is 1.30 bits per heavy atom. The van der Waals surface area contributed by atoms with E-state index < -0.39 is 0 Å². The standard InChI is InChI=1S/C23H27N5O2.H2/c1-15-6-2-3-7-17(15)18-14-20(18)25-23(29)28-12-9-16(10-13-28)22-26-21(27-30-22)19-8-4-5-11-24-19;/h2-5,7-8,11,15-16,18,20H,6,9-10,12-14H2,1H3,(H,25,29);1H. The van der Waals surface area contributed by atoms with Gasteiger partial charge in [0.05, 0.1) is 0 Å². The Bertz CT molecular complexity index is 965. The Labute approximate surface area is 177 Å². The molecule has 1 aliphatic heterocycles. The van der Waals surface area contributed by atoms with E-state index in [0.29, 0.717) is 42.3 Å². The van der Waals surface area contributed by atoms with Crippen LogP contribution in [0.1, 0.15) is 45.8 Å². The van der Waals surface area contributed by atoms with Crippen LogP contribution in [0.25, 0.3) is 11.5 Å². The van der Waals surface area contributed by atoms with Crippen LogP contribution < -0.4 is 5.32 Å². The lowest BCUT2D eigenvalue weighted by molar-refractivity contribution is 0.174. The third-order valence-electron chi connectivity index (χ3n) is 6.48. The molecule has 7 heteroatoms. The van der Waals surface area contributed by atoms with Crippen LogP contribution in [0.5, 0.6) is 0 Å². The smallest absolute Gasteiger partial charge is 0.317 e. The lowest BCUT2D eigenvalue weighted by atomic mass is 9.90. The lowest BCUT2D eigenvalue weighted by Gasteiger charge is -2.30. The van der Waals surface area contributed by atoms with Gasteiger partial charge in [-0.1, -0.05) is 41.9 Å². The van der Waals surface area contributed by atoms with Crippen molar-refractivity contribution in [2.75, 3.05) is 13.1 Å². The summed E-state index contributed by atoms with van der Waals surface area (Å²) in [4.78, 5) is 23.4. The molecule has 0 aromatic carbocycles. The van der Waals surface area contributed by atoms with E-state index in [2.05, 4.69) is 45.6 Å². The number of nitrogens with zero attached hydrogens (tertiary/aromatic N) is 4. The molecule has 1 saturated heterocycles. The zero-order valence-electron chi connectivity index (χ0n) is 17.2. The van der Waals surface area contributed by atoms with E-state index in [4.69, 9.17) is 4.52 Å².